The number of nitrogens with two attached hydrogens (primary N) is 1. The number of aliphatic hydroxyl groups is 1. The Labute approximate surface area is 748 Å². The fraction of sp³-hybridized carbons (Fsp3) is 0.795. The van der Waals surface area contributed by atoms with Crippen LogP contribution in [0.15, 0.2) is 42.6 Å². The van der Waals surface area contributed by atoms with Crippen LogP contribution in [-0.4, -0.2) is 409 Å². The largest absolute Gasteiger partial charge is 0.384 e. The molecule has 127 heavy (non-hydrogen) atoms. The van der Waals surface area contributed by atoms with Gasteiger partial charge in [-0.3, -0.25) is 28.8 Å². The summed E-state index contributed by atoms with van der Waals surface area (Å²) in [5.74, 6) is -3.81. The van der Waals surface area contributed by atoms with Gasteiger partial charge in [0, 0.05) is 37.7 Å². The molecule has 39 nitrogen and oxygen atoms in total. The zero-order valence-electron chi connectivity index (χ0n) is 75.5. The molecule has 3 aliphatic rings. The molecule has 0 bridgehead atoms. The number of amides is 5. The molecule has 3 atom stereocenters. The molecule has 1 aliphatic heterocycles. The van der Waals surface area contributed by atoms with Gasteiger partial charge >= 0.3 is 0 Å². The van der Waals surface area contributed by atoms with E-state index >= 15 is 4.79 Å². The van der Waals surface area contributed by atoms with Crippen molar-refractivity contribution in [3.8, 4) is 0 Å². The molecule has 0 unspecified atom stereocenters. The molecule has 2 aromatic carbocycles. The molecular formula is C88H148N8O31. The van der Waals surface area contributed by atoms with Crippen LogP contribution in [0.3, 0.4) is 0 Å². The summed E-state index contributed by atoms with van der Waals surface area (Å²) in [6, 6.07) is 7.46. The van der Waals surface area contributed by atoms with E-state index in [0.29, 0.717) is 351 Å². The number of ether oxygens (including phenoxy) is 24. The van der Waals surface area contributed by atoms with Gasteiger partial charge in [0.1, 0.15) is 23.2 Å². The number of methoxy groups -OCH3 is 1. The molecule has 726 valence electrons. The van der Waals surface area contributed by atoms with E-state index in [4.69, 9.17) is 119 Å². The Morgan fingerprint density at radius 1 is 0.441 bits per heavy atom. The van der Waals surface area contributed by atoms with E-state index in [1.54, 1.807) is 57.4 Å². The molecule has 39 heteroatoms. The zero-order chi connectivity index (χ0) is 90.4. The molecule has 3 fully saturated rings. The number of hydrogen-bond acceptors (Lipinski definition) is 33. The lowest BCUT2D eigenvalue weighted by molar-refractivity contribution is -0.145. The molecule has 2 aliphatic carbocycles. The highest BCUT2D eigenvalue weighted by Gasteiger charge is 2.49. The van der Waals surface area contributed by atoms with Crippen LogP contribution in [0.4, 0.5) is 0 Å². The number of primary amides is 1. The Balaban J connectivity index is 0.632. The normalized spacial score (nSPS) is 15.8. The summed E-state index contributed by atoms with van der Waals surface area (Å²) in [5, 5.41) is 29.6. The summed E-state index contributed by atoms with van der Waals surface area (Å²) in [6.45, 7) is 25.2. The van der Waals surface area contributed by atoms with Crippen LogP contribution in [0.25, 0.3) is 10.8 Å². The van der Waals surface area contributed by atoms with Gasteiger partial charge in [-0.05, 0) is 74.1 Å². The molecule has 0 spiro atoms. The number of rotatable bonds is 84. The van der Waals surface area contributed by atoms with Crippen molar-refractivity contribution in [1.29, 1.82) is 0 Å². The lowest BCUT2D eigenvalue weighted by Gasteiger charge is -2.38. The third-order valence-corrected chi connectivity index (χ3v) is 20.6. The Morgan fingerprint density at radius 2 is 0.756 bits per heavy atom. The SMILES string of the molecule is COCCOCCOCCOCCOCCOCCOCCOCCOCCOCCOCCOCCOCCOCCOCCOCCOCCOCCOCCOCCOCCOCCOCCOCCNC(=O)c1ccc2cc(C(=O)N[C@H](CC3CCCCC3)C(=O)N3C[C@@H](n4nncc4C(C)(C)O)C[C@H]3C(=O)NC3(C(=O)C(N)=O)CCCCC3)ccc2c1. The number of likely N-dealkylation sites (tertiary alicyclic amines) is 1. The number of nitrogens with zero attached hydrogens (tertiary/aromatic N) is 4. The molecular weight excluding hydrogens is 1660 g/mol. The third-order valence-electron chi connectivity index (χ3n) is 20.6. The Kier molecular flexibility index (Phi) is 61.7. The number of carbonyl (C=O) groups is 6. The van der Waals surface area contributed by atoms with Crippen molar-refractivity contribution < 1.29 is 148 Å². The quantitative estimate of drug-likeness (QED) is 0.0400. The van der Waals surface area contributed by atoms with E-state index in [2.05, 4.69) is 26.3 Å². The first-order chi connectivity index (χ1) is 62.2. The van der Waals surface area contributed by atoms with Crippen molar-refractivity contribution in [2.24, 2.45) is 11.7 Å². The number of carbonyl (C=O) groups excluding carboxylic acids is 6. The van der Waals surface area contributed by atoms with Crippen molar-refractivity contribution in [3.05, 3.63) is 59.4 Å². The smallest absolute Gasteiger partial charge is 0.287 e. The molecule has 2 heterocycles. The number of Topliss-reactive ketones (excluding diaryl/α,β-unsaturated/α-hetero) is 1. The minimum absolute atomic E-state index is 0.0184. The van der Waals surface area contributed by atoms with Gasteiger partial charge in [-0.2, -0.15) is 0 Å². The van der Waals surface area contributed by atoms with Gasteiger partial charge in [-0.15, -0.1) is 5.10 Å². The van der Waals surface area contributed by atoms with Crippen LogP contribution in [0.2, 0.25) is 0 Å². The summed E-state index contributed by atoms with van der Waals surface area (Å²) >= 11 is 0. The van der Waals surface area contributed by atoms with Gasteiger partial charge in [0.05, 0.1) is 328 Å². The first-order valence-electron chi connectivity index (χ1n) is 45.2. The van der Waals surface area contributed by atoms with Crippen LogP contribution in [-0.2, 0) is 138 Å². The van der Waals surface area contributed by atoms with E-state index in [1.807, 2.05) is 0 Å². The van der Waals surface area contributed by atoms with Crippen LogP contribution < -0.4 is 21.7 Å². The maximum absolute atomic E-state index is 15.2. The predicted molar refractivity (Wildman–Crippen MR) is 462 cm³/mol. The van der Waals surface area contributed by atoms with Gasteiger partial charge in [0.15, 0.2) is 0 Å². The summed E-state index contributed by atoms with van der Waals surface area (Å²) in [5.41, 5.74) is 3.74. The first-order valence-corrected chi connectivity index (χ1v) is 45.2. The standard InChI is InChI=1S/C88H148N8O31/c1-87(2,103)80-70-91-94-96(80)77-69-79(85(101)93-88(81(97)82(89)98)16-8-5-9-17-88)95(71-77)86(102)78(66-72-10-6-4-7-11-72)92-84(100)76-15-13-73-67-75(14-12-74(73)68-76)83(99)90-18-19-105-22-23-107-26-27-109-30-31-111-34-35-113-38-39-115-42-43-117-46-47-119-50-51-121-54-55-123-58-59-125-62-63-127-65-64-126-61-60-124-57-56-122-53-52-120-49-48-118-45-44-116-41-40-114-37-36-112-33-32-110-29-28-108-25-24-106-21-20-104-3/h12-15,67-68,70,72,77-79,103H,4-11,16-66,69,71H2,1-3H3,(H2,89,98)(H,90,99)(H,92,100)(H,93,101)/t77-,78+,79-/m0/s1. The number of ketones is 1. The fourth-order valence-electron chi connectivity index (χ4n) is 13.9. The predicted octanol–water partition coefficient (Wildman–Crippen LogP) is 3.20. The summed E-state index contributed by atoms with van der Waals surface area (Å²) in [7, 11) is 1.64. The second kappa shape index (κ2) is 71.5. The second-order valence-electron chi connectivity index (χ2n) is 30.7. The minimum atomic E-state index is -1.52. The van der Waals surface area contributed by atoms with Gasteiger partial charge < -0.3 is 145 Å². The highest BCUT2D eigenvalue weighted by Crippen LogP contribution is 2.36. The Morgan fingerprint density at radius 3 is 1.08 bits per heavy atom. The maximum Gasteiger partial charge on any atom is 0.287 e. The number of hydrogen-bond donors (Lipinski definition) is 5. The molecule has 6 N–H and O–H groups in total. The third kappa shape index (κ3) is 49.8. The molecule has 3 aromatic rings. The van der Waals surface area contributed by atoms with Crippen molar-refractivity contribution in [3.63, 3.8) is 0 Å². The summed E-state index contributed by atoms with van der Waals surface area (Å²) < 4.78 is 134. The van der Waals surface area contributed by atoms with Crippen LogP contribution in [0.1, 0.15) is 123 Å². The lowest BCUT2D eigenvalue weighted by Crippen LogP contribution is -2.62. The number of fused-ring (bicyclic) bond motifs is 1. The van der Waals surface area contributed by atoms with Crippen LogP contribution in [0, 0.1) is 5.92 Å². The Hall–Kier alpha value is -6.14. The lowest BCUT2D eigenvalue weighted by atomic mass is 9.78. The van der Waals surface area contributed by atoms with Crippen molar-refractivity contribution in [2.45, 2.75) is 120 Å². The monoisotopic (exact) mass is 1810 g/mol. The molecule has 2 saturated carbocycles. The van der Waals surface area contributed by atoms with Gasteiger partial charge in [-0.1, -0.05) is 68.7 Å². The van der Waals surface area contributed by atoms with E-state index in [1.165, 1.54) is 15.8 Å². The van der Waals surface area contributed by atoms with Gasteiger partial charge in [0.25, 0.3) is 17.7 Å². The average molecular weight is 1810 g/mol. The highest BCUT2D eigenvalue weighted by atomic mass is 16.6. The van der Waals surface area contributed by atoms with E-state index in [0.717, 1.165) is 38.5 Å². The minimum Gasteiger partial charge on any atom is -0.384 e. The molecule has 5 amide bonds. The Bertz CT molecular complexity index is 3320. The van der Waals surface area contributed by atoms with E-state index < -0.39 is 58.7 Å². The number of nitrogens with one attached hydrogen (secondary N) is 3. The fourth-order valence-corrected chi connectivity index (χ4v) is 13.9. The summed E-state index contributed by atoms with van der Waals surface area (Å²) in [4.78, 5) is 84.6. The number of benzene rings is 2. The van der Waals surface area contributed by atoms with E-state index in [-0.39, 0.29) is 50.8 Å². The van der Waals surface area contributed by atoms with Crippen LogP contribution in [0.5, 0.6) is 0 Å². The number of aromatic nitrogens is 3. The van der Waals surface area contributed by atoms with Gasteiger partial charge in [-0.25, -0.2) is 4.68 Å². The van der Waals surface area contributed by atoms with Crippen molar-refractivity contribution in [1.82, 2.24) is 35.8 Å². The van der Waals surface area contributed by atoms with Gasteiger partial charge in [0.2, 0.25) is 17.6 Å². The summed E-state index contributed by atoms with van der Waals surface area (Å²) in [6.07, 6.45) is 9.03. The average Bonchev–Trinajstić information content (AvgIpc) is 1.64. The zero-order valence-corrected chi connectivity index (χ0v) is 75.5. The molecule has 1 saturated heterocycles. The van der Waals surface area contributed by atoms with Crippen LogP contribution >= 0.6 is 0 Å². The van der Waals surface area contributed by atoms with Crippen molar-refractivity contribution in [2.75, 3.05) is 331 Å². The first kappa shape index (κ1) is 110. The maximum atomic E-state index is 15.2. The molecule has 6 rings (SSSR count). The highest BCUT2D eigenvalue weighted by molar-refractivity contribution is 6.39. The second-order valence-corrected chi connectivity index (χ2v) is 30.7. The molecule has 1 aromatic heterocycles. The topological polar surface area (TPSA) is 440 Å². The van der Waals surface area contributed by atoms with Crippen molar-refractivity contribution >= 4 is 46.1 Å². The van der Waals surface area contributed by atoms with E-state index in [9.17, 15) is 29.1 Å². The molecule has 0 radical (unpaired) electrons.